The third-order valence-corrected chi connectivity index (χ3v) is 6.30. The molecule has 0 aliphatic heterocycles. The lowest BCUT2D eigenvalue weighted by atomic mass is 10.1. The molecule has 0 atom stereocenters. The number of esters is 1. The molecule has 0 unspecified atom stereocenters. The molecule has 0 radical (unpaired) electrons. The van der Waals surface area contributed by atoms with Crippen LogP contribution in [-0.2, 0) is 9.53 Å². The van der Waals surface area contributed by atoms with Crippen molar-refractivity contribution in [2.75, 3.05) is 6.61 Å². The Morgan fingerprint density at radius 1 is 0.581 bits per heavy atom. The van der Waals surface area contributed by atoms with Crippen LogP contribution in [0.2, 0.25) is 0 Å². The maximum Gasteiger partial charge on any atom is 0.305 e. The molecule has 184 valence electrons. The Kier molecular flexibility index (Phi) is 26.5. The minimum absolute atomic E-state index is 0.0176. The number of carbonyl (C=O) groups excluding carboxylic acids is 1. The van der Waals surface area contributed by atoms with Crippen LogP contribution >= 0.6 is 0 Å². The van der Waals surface area contributed by atoms with Crippen LogP contribution in [-0.4, -0.2) is 12.6 Å². The van der Waals surface area contributed by atoms with Crippen LogP contribution in [0.5, 0.6) is 0 Å². The summed E-state index contributed by atoms with van der Waals surface area (Å²) >= 11 is 0. The van der Waals surface area contributed by atoms with E-state index in [1.807, 2.05) is 6.08 Å². The Hall–Kier alpha value is -0.790. The number of hydrogen-bond acceptors (Lipinski definition) is 2. The zero-order valence-corrected chi connectivity index (χ0v) is 21.3. The van der Waals surface area contributed by atoms with Crippen LogP contribution in [0.3, 0.4) is 0 Å². The molecular weight excluding hydrogens is 380 g/mol. The molecule has 0 heterocycles. The molecule has 0 aromatic carbocycles. The molecule has 0 aromatic heterocycles. The van der Waals surface area contributed by atoms with Crippen molar-refractivity contribution in [2.45, 2.75) is 161 Å². The highest BCUT2D eigenvalue weighted by Crippen LogP contribution is 2.13. The normalized spacial score (nSPS) is 11.0. The van der Waals surface area contributed by atoms with Crippen molar-refractivity contribution < 1.29 is 9.53 Å². The van der Waals surface area contributed by atoms with E-state index in [0.29, 0.717) is 13.0 Å². The second kappa shape index (κ2) is 27.2. The van der Waals surface area contributed by atoms with Gasteiger partial charge >= 0.3 is 5.97 Å². The van der Waals surface area contributed by atoms with Crippen LogP contribution in [0.1, 0.15) is 161 Å². The molecule has 0 bridgehead atoms. The summed E-state index contributed by atoms with van der Waals surface area (Å²) in [5.41, 5.74) is 0. The standard InChI is InChI=1S/C29H56O2/c1-3-5-7-9-11-13-15-16-18-20-22-24-26-28-31-29(30)27-25-23-21-19-17-14-12-10-8-6-4-2/h3H,1,4-28H2,2H3. The summed E-state index contributed by atoms with van der Waals surface area (Å²) in [5.74, 6) is 0.0176. The lowest BCUT2D eigenvalue weighted by Crippen LogP contribution is -2.05. The summed E-state index contributed by atoms with van der Waals surface area (Å²) < 4.78 is 5.39. The van der Waals surface area contributed by atoms with E-state index in [4.69, 9.17) is 4.74 Å². The fraction of sp³-hybridized carbons (Fsp3) is 0.897. The van der Waals surface area contributed by atoms with Gasteiger partial charge in [0.05, 0.1) is 6.61 Å². The fourth-order valence-electron chi connectivity index (χ4n) is 4.17. The first-order chi connectivity index (χ1) is 15.3. The molecular formula is C29H56O2. The number of rotatable bonds is 26. The Bertz CT molecular complexity index is 364. The highest BCUT2D eigenvalue weighted by atomic mass is 16.5. The van der Waals surface area contributed by atoms with Gasteiger partial charge in [0.2, 0.25) is 0 Å². The number of ether oxygens (including phenoxy) is 1. The predicted octanol–water partition coefficient (Wildman–Crippen LogP) is 10.1. The van der Waals surface area contributed by atoms with Crippen molar-refractivity contribution in [3.05, 3.63) is 12.7 Å². The SMILES string of the molecule is C=CCCCCCCCCCCCCCOC(=O)CCCCCCCCCCCCC. The highest BCUT2D eigenvalue weighted by molar-refractivity contribution is 5.69. The molecule has 0 spiro atoms. The van der Waals surface area contributed by atoms with Gasteiger partial charge in [-0.05, 0) is 25.7 Å². The van der Waals surface area contributed by atoms with Gasteiger partial charge in [0.25, 0.3) is 0 Å². The Balaban J connectivity index is 3.14. The molecule has 0 aromatic rings. The largest absolute Gasteiger partial charge is 0.466 e. The van der Waals surface area contributed by atoms with Gasteiger partial charge in [-0.2, -0.15) is 0 Å². The lowest BCUT2D eigenvalue weighted by Gasteiger charge is -2.06. The van der Waals surface area contributed by atoms with Crippen LogP contribution in [0.25, 0.3) is 0 Å². The van der Waals surface area contributed by atoms with Gasteiger partial charge in [-0.1, -0.05) is 135 Å². The van der Waals surface area contributed by atoms with Crippen molar-refractivity contribution in [2.24, 2.45) is 0 Å². The summed E-state index contributed by atoms with van der Waals surface area (Å²) in [6, 6.07) is 0. The summed E-state index contributed by atoms with van der Waals surface area (Å²) in [5, 5.41) is 0. The summed E-state index contributed by atoms with van der Waals surface area (Å²) in [6.07, 6.45) is 32.8. The molecule has 0 amide bonds. The van der Waals surface area contributed by atoms with Crippen molar-refractivity contribution in [1.29, 1.82) is 0 Å². The molecule has 0 N–H and O–H groups in total. The van der Waals surface area contributed by atoms with Crippen LogP contribution in [0.15, 0.2) is 12.7 Å². The second-order valence-electron chi connectivity index (χ2n) is 9.47. The van der Waals surface area contributed by atoms with E-state index >= 15 is 0 Å². The van der Waals surface area contributed by atoms with E-state index in [1.54, 1.807) is 0 Å². The van der Waals surface area contributed by atoms with E-state index < -0.39 is 0 Å². The minimum Gasteiger partial charge on any atom is -0.466 e. The Morgan fingerprint density at radius 2 is 0.968 bits per heavy atom. The molecule has 0 aliphatic carbocycles. The molecule has 0 aliphatic rings. The monoisotopic (exact) mass is 436 g/mol. The quantitative estimate of drug-likeness (QED) is 0.0765. The zero-order valence-electron chi connectivity index (χ0n) is 21.3. The number of carbonyl (C=O) groups is 1. The first-order valence-electron chi connectivity index (χ1n) is 14.1. The van der Waals surface area contributed by atoms with Gasteiger partial charge in [0.1, 0.15) is 0 Å². The van der Waals surface area contributed by atoms with Gasteiger partial charge in [0.15, 0.2) is 0 Å². The average molecular weight is 437 g/mol. The molecule has 31 heavy (non-hydrogen) atoms. The second-order valence-corrected chi connectivity index (χ2v) is 9.47. The van der Waals surface area contributed by atoms with Gasteiger partial charge in [-0.3, -0.25) is 4.79 Å². The third-order valence-electron chi connectivity index (χ3n) is 6.30. The van der Waals surface area contributed by atoms with Crippen molar-refractivity contribution >= 4 is 5.97 Å². The molecule has 0 rings (SSSR count). The first-order valence-corrected chi connectivity index (χ1v) is 14.1. The lowest BCUT2D eigenvalue weighted by molar-refractivity contribution is -0.143. The van der Waals surface area contributed by atoms with E-state index in [9.17, 15) is 4.79 Å². The van der Waals surface area contributed by atoms with Crippen molar-refractivity contribution in [3.8, 4) is 0 Å². The zero-order chi connectivity index (χ0) is 22.7. The molecule has 2 heteroatoms. The molecule has 0 saturated heterocycles. The van der Waals surface area contributed by atoms with E-state index in [-0.39, 0.29) is 5.97 Å². The summed E-state index contributed by atoms with van der Waals surface area (Å²) in [6.45, 7) is 6.67. The highest BCUT2D eigenvalue weighted by Gasteiger charge is 2.02. The predicted molar refractivity (Wildman–Crippen MR) is 138 cm³/mol. The molecule has 2 nitrogen and oxygen atoms in total. The van der Waals surface area contributed by atoms with Crippen LogP contribution in [0, 0.1) is 0 Å². The fourth-order valence-corrected chi connectivity index (χ4v) is 4.17. The minimum atomic E-state index is 0.0176. The van der Waals surface area contributed by atoms with Gasteiger partial charge in [0, 0.05) is 6.42 Å². The topological polar surface area (TPSA) is 26.3 Å². The Morgan fingerprint density at radius 3 is 1.42 bits per heavy atom. The van der Waals surface area contributed by atoms with E-state index in [2.05, 4.69) is 13.5 Å². The average Bonchev–Trinajstić information content (AvgIpc) is 2.77. The van der Waals surface area contributed by atoms with Crippen LogP contribution in [0.4, 0.5) is 0 Å². The van der Waals surface area contributed by atoms with E-state index in [0.717, 1.165) is 12.8 Å². The molecule has 0 fully saturated rings. The maximum absolute atomic E-state index is 11.8. The van der Waals surface area contributed by atoms with Crippen LogP contribution < -0.4 is 0 Å². The van der Waals surface area contributed by atoms with Gasteiger partial charge in [-0.15, -0.1) is 6.58 Å². The van der Waals surface area contributed by atoms with Crippen molar-refractivity contribution in [1.82, 2.24) is 0 Å². The van der Waals surface area contributed by atoms with E-state index in [1.165, 1.54) is 135 Å². The maximum atomic E-state index is 11.8. The first kappa shape index (κ1) is 30.2. The molecule has 0 saturated carbocycles. The summed E-state index contributed by atoms with van der Waals surface area (Å²) in [4.78, 5) is 11.8. The number of allylic oxidation sites excluding steroid dienone is 1. The number of hydrogen-bond donors (Lipinski definition) is 0. The Labute approximate surface area is 196 Å². The van der Waals surface area contributed by atoms with Gasteiger partial charge < -0.3 is 4.74 Å². The summed E-state index contributed by atoms with van der Waals surface area (Å²) in [7, 11) is 0. The smallest absolute Gasteiger partial charge is 0.305 e. The third kappa shape index (κ3) is 27.2. The number of unbranched alkanes of at least 4 members (excludes halogenated alkanes) is 21. The van der Waals surface area contributed by atoms with Gasteiger partial charge in [-0.25, -0.2) is 0 Å². The van der Waals surface area contributed by atoms with Crippen molar-refractivity contribution in [3.63, 3.8) is 0 Å².